The lowest BCUT2D eigenvalue weighted by Crippen LogP contribution is -2.09. The molecule has 0 aromatic heterocycles. The fourth-order valence-electron chi connectivity index (χ4n) is 1.96. The molecule has 2 aromatic rings. The van der Waals surface area contributed by atoms with Gasteiger partial charge in [-0.25, -0.2) is 0 Å². The summed E-state index contributed by atoms with van der Waals surface area (Å²) in [5.74, 6) is -0.243. The van der Waals surface area contributed by atoms with E-state index < -0.39 is 0 Å². The van der Waals surface area contributed by atoms with Crippen LogP contribution >= 0.6 is 0 Å². The third-order valence-electron chi connectivity index (χ3n) is 2.79. The first-order valence-electron chi connectivity index (χ1n) is 5.94. The molecule has 2 aromatic carbocycles. The molecular weight excluding hydrogens is 236 g/mol. The minimum atomic E-state index is -0.243. The number of nitriles is 1. The second-order valence-corrected chi connectivity index (χ2v) is 4.47. The van der Waals surface area contributed by atoms with Crippen molar-refractivity contribution in [2.24, 2.45) is 0 Å². The highest BCUT2D eigenvalue weighted by Gasteiger charge is 2.14. The average Bonchev–Trinajstić information content (AvgIpc) is 2.43. The largest absolute Gasteiger partial charge is 0.382 e. The molecule has 3 heteroatoms. The summed E-state index contributed by atoms with van der Waals surface area (Å²) in [6.45, 7) is 0. The van der Waals surface area contributed by atoms with Crippen LogP contribution in [0, 0.1) is 11.3 Å². The highest BCUT2D eigenvalue weighted by molar-refractivity contribution is 6.17. The standard InChI is InChI=1S/C16H14N2O/c1-18(2)11-13(10-17)16(19)15-9-5-7-12-6-3-4-8-14(12)15/h3-9,11H,1-2H3/b13-11+. The number of carbonyl (C=O) groups excluding carboxylic acids is 1. The molecule has 0 aliphatic heterocycles. The van der Waals surface area contributed by atoms with Gasteiger partial charge >= 0.3 is 0 Å². The van der Waals surface area contributed by atoms with Crippen LogP contribution in [-0.2, 0) is 0 Å². The Hall–Kier alpha value is -2.60. The van der Waals surface area contributed by atoms with Gasteiger partial charge in [0.2, 0.25) is 5.78 Å². The summed E-state index contributed by atoms with van der Waals surface area (Å²) in [5.41, 5.74) is 0.703. The van der Waals surface area contributed by atoms with Gasteiger partial charge < -0.3 is 4.90 Å². The van der Waals surface area contributed by atoms with Crippen molar-refractivity contribution in [1.82, 2.24) is 4.90 Å². The van der Waals surface area contributed by atoms with Crippen LogP contribution in [0.5, 0.6) is 0 Å². The number of ketones is 1. The molecule has 19 heavy (non-hydrogen) atoms. The third kappa shape index (κ3) is 2.63. The zero-order valence-corrected chi connectivity index (χ0v) is 10.9. The summed E-state index contributed by atoms with van der Waals surface area (Å²) in [4.78, 5) is 14.1. The summed E-state index contributed by atoms with van der Waals surface area (Å²) >= 11 is 0. The van der Waals surface area contributed by atoms with Crippen LogP contribution in [0.2, 0.25) is 0 Å². The Morgan fingerprint density at radius 2 is 1.84 bits per heavy atom. The maximum atomic E-state index is 12.4. The molecule has 0 aliphatic carbocycles. The fraction of sp³-hybridized carbons (Fsp3) is 0.125. The second kappa shape index (κ2) is 5.36. The first-order chi connectivity index (χ1) is 9.13. The van der Waals surface area contributed by atoms with Gasteiger partial charge in [-0.15, -0.1) is 0 Å². The normalized spacial score (nSPS) is 11.1. The van der Waals surface area contributed by atoms with Crippen LogP contribution in [0.1, 0.15) is 10.4 Å². The molecule has 0 bridgehead atoms. The number of carbonyl (C=O) groups is 1. The number of fused-ring (bicyclic) bond motifs is 1. The SMILES string of the molecule is CN(C)/C=C(\C#N)C(=O)c1cccc2ccccc12. The van der Waals surface area contributed by atoms with Crippen LogP contribution in [0.4, 0.5) is 0 Å². The molecule has 0 aliphatic rings. The van der Waals surface area contributed by atoms with E-state index in [0.29, 0.717) is 5.56 Å². The van der Waals surface area contributed by atoms with Crippen molar-refractivity contribution in [3.05, 3.63) is 59.8 Å². The molecule has 0 atom stereocenters. The summed E-state index contributed by atoms with van der Waals surface area (Å²) < 4.78 is 0. The molecule has 0 N–H and O–H groups in total. The third-order valence-corrected chi connectivity index (χ3v) is 2.79. The van der Waals surface area contributed by atoms with E-state index in [9.17, 15) is 4.79 Å². The van der Waals surface area contributed by atoms with Gasteiger partial charge in [-0.2, -0.15) is 5.26 Å². The molecular formula is C16H14N2O. The number of allylic oxidation sites excluding steroid dienone is 1. The minimum absolute atomic E-state index is 0.140. The number of Topliss-reactive ketones (excluding diaryl/α,β-unsaturated/α-hetero) is 1. The minimum Gasteiger partial charge on any atom is -0.382 e. The van der Waals surface area contributed by atoms with E-state index in [1.54, 1.807) is 31.3 Å². The van der Waals surface area contributed by atoms with E-state index in [-0.39, 0.29) is 11.4 Å². The molecule has 0 saturated heterocycles. The van der Waals surface area contributed by atoms with Gasteiger partial charge in [0.1, 0.15) is 11.6 Å². The Balaban J connectivity index is 2.56. The van der Waals surface area contributed by atoms with Gasteiger partial charge in [0, 0.05) is 25.9 Å². The number of rotatable bonds is 3. The molecule has 0 heterocycles. The van der Waals surface area contributed by atoms with E-state index in [0.717, 1.165) is 10.8 Å². The van der Waals surface area contributed by atoms with Crippen molar-refractivity contribution in [3.8, 4) is 6.07 Å². The average molecular weight is 250 g/mol. The number of hydrogen-bond donors (Lipinski definition) is 0. The van der Waals surface area contributed by atoms with E-state index in [1.165, 1.54) is 0 Å². The summed E-state index contributed by atoms with van der Waals surface area (Å²) in [6, 6.07) is 15.2. The second-order valence-electron chi connectivity index (χ2n) is 4.47. The van der Waals surface area contributed by atoms with E-state index in [4.69, 9.17) is 5.26 Å². The number of hydrogen-bond acceptors (Lipinski definition) is 3. The first kappa shape index (κ1) is 12.8. The molecule has 0 saturated carbocycles. The van der Waals surface area contributed by atoms with Crippen molar-refractivity contribution >= 4 is 16.6 Å². The highest BCUT2D eigenvalue weighted by Crippen LogP contribution is 2.21. The predicted octanol–water partition coefficient (Wildman–Crippen LogP) is 2.99. The molecule has 3 nitrogen and oxygen atoms in total. The molecule has 94 valence electrons. The quantitative estimate of drug-likeness (QED) is 0.478. The molecule has 0 fully saturated rings. The van der Waals surface area contributed by atoms with Gasteiger partial charge in [0.25, 0.3) is 0 Å². The maximum Gasteiger partial charge on any atom is 0.205 e. The zero-order valence-electron chi connectivity index (χ0n) is 10.9. The van der Waals surface area contributed by atoms with Crippen LogP contribution in [-0.4, -0.2) is 24.8 Å². The Bertz CT molecular complexity index is 688. The zero-order chi connectivity index (χ0) is 13.8. The monoisotopic (exact) mass is 250 g/mol. The first-order valence-corrected chi connectivity index (χ1v) is 5.94. The van der Waals surface area contributed by atoms with Crippen molar-refractivity contribution in [2.45, 2.75) is 0 Å². The van der Waals surface area contributed by atoms with Crippen LogP contribution in [0.3, 0.4) is 0 Å². The van der Waals surface area contributed by atoms with Gasteiger partial charge in [0.05, 0.1) is 0 Å². The lowest BCUT2D eigenvalue weighted by Gasteiger charge is -2.08. The molecule has 0 spiro atoms. The Morgan fingerprint density at radius 3 is 2.53 bits per heavy atom. The van der Waals surface area contributed by atoms with Gasteiger partial charge in [-0.05, 0) is 10.8 Å². The van der Waals surface area contributed by atoms with Crippen LogP contribution in [0.25, 0.3) is 10.8 Å². The lowest BCUT2D eigenvalue weighted by molar-refractivity contribution is 0.103. The summed E-state index contributed by atoms with van der Waals surface area (Å²) in [7, 11) is 3.57. The van der Waals surface area contributed by atoms with Crippen molar-refractivity contribution in [1.29, 1.82) is 5.26 Å². The number of nitrogens with zero attached hydrogens (tertiary/aromatic N) is 2. The summed E-state index contributed by atoms with van der Waals surface area (Å²) in [6.07, 6.45) is 1.55. The van der Waals surface area contributed by atoms with Crippen molar-refractivity contribution in [2.75, 3.05) is 14.1 Å². The van der Waals surface area contributed by atoms with Gasteiger partial charge in [0.15, 0.2) is 0 Å². The van der Waals surface area contributed by atoms with Crippen molar-refractivity contribution in [3.63, 3.8) is 0 Å². The Kier molecular flexibility index (Phi) is 3.63. The Morgan fingerprint density at radius 1 is 1.16 bits per heavy atom. The van der Waals surface area contributed by atoms with Gasteiger partial charge in [-0.3, -0.25) is 4.79 Å². The molecule has 0 radical (unpaired) electrons. The Labute approximate surface area is 112 Å². The van der Waals surface area contributed by atoms with E-state index in [1.807, 2.05) is 42.5 Å². The molecule has 2 rings (SSSR count). The topological polar surface area (TPSA) is 44.1 Å². The molecule has 0 unspecified atom stereocenters. The smallest absolute Gasteiger partial charge is 0.205 e. The lowest BCUT2D eigenvalue weighted by atomic mass is 9.98. The molecule has 0 amide bonds. The fourth-order valence-corrected chi connectivity index (χ4v) is 1.96. The van der Waals surface area contributed by atoms with Gasteiger partial charge in [-0.1, -0.05) is 42.5 Å². The van der Waals surface area contributed by atoms with Crippen LogP contribution < -0.4 is 0 Å². The highest BCUT2D eigenvalue weighted by atomic mass is 16.1. The maximum absolute atomic E-state index is 12.4. The van der Waals surface area contributed by atoms with E-state index in [2.05, 4.69) is 0 Å². The van der Waals surface area contributed by atoms with E-state index >= 15 is 0 Å². The predicted molar refractivity (Wildman–Crippen MR) is 75.7 cm³/mol. The summed E-state index contributed by atoms with van der Waals surface area (Å²) in [5, 5.41) is 11.0. The number of benzene rings is 2. The van der Waals surface area contributed by atoms with Crippen LogP contribution in [0.15, 0.2) is 54.2 Å². The van der Waals surface area contributed by atoms with Crippen molar-refractivity contribution < 1.29 is 4.79 Å².